The first-order valence-electron chi connectivity index (χ1n) is 12.7. The van der Waals surface area contributed by atoms with E-state index in [1.807, 2.05) is 0 Å². The van der Waals surface area contributed by atoms with Crippen LogP contribution in [0, 0.1) is 0 Å². The minimum Gasteiger partial charge on any atom is -0.480 e. The van der Waals surface area contributed by atoms with Crippen LogP contribution in [0.2, 0.25) is 0 Å². The van der Waals surface area contributed by atoms with Gasteiger partial charge in [0.1, 0.15) is 0 Å². The largest absolute Gasteiger partial charge is 0.480 e. The number of nitrogens with zero attached hydrogens (tertiary/aromatic N) is 4. The number of amides is 1. The van der Waals surface area contributed by atoms with Crippen LogP contribution in [0.25, 0.3) is 0 Å². The Hall–Kier alpha value is -3.11. The Labute approximate surface area is 240 Å². The minimum absolute atomic E-state index is 0.142. The lowest BCUT2D eigenvalue weighted by Gasteiger charge is -2.37. The van der Waals surface area contributed by atoms with Gasteiger partial charge in [0.15, 0.2) is 0 Å². The lowest BCUT2D eigenvalue weighted by atomic mass is 10.0. The number of benzene rings is 1. The number of halogens is 1. The molecule has 222 valence electrons. The molecular weight excluding hydrogens is 594 g/mol. The van der Waals surface area contributed by atoms with Crippen LogP contribution in [0.15, 0.2) is 24.3 Å². The zero-order chi connectivity index (χ0) is 29.7. The molecule has 0 bridgehead atoms. The second kappa shape index (κ2) is 16.9. The summed E-state index contributed by atoms with van der Waals surface area (Å²) in [4.78, 5) is 64.7. The van der Waals surface area contributed by atoms with Crippen LogP contribution in [0.3, 0.4) is 0 Å². The van der Waals surface area contributed by atoms with Gasteiger partial charge in [-0.1, -0.05) is 28.1 Å². The van der Waals surface area contributed by atoms with Crippen molar-refractivity contribution in [1.29, 1.82) is 0 Å². The van der Waals surface area contributed by atoms with Crippen LogP contribution < -0.4 is 5.32 Å². The number of carbonyl (C=O) groups excluding carboxylic acids is 1. The van der Waals surface area contributed by atoms with E-state index in [0.717, 1.165) is 5.56 Å². The Morgan fingerprint density at radius 3 is 1.62 bits per heavy atom. The van der Waals surface area contributed by atoms with Gasteiger partial charge >= 0.3 is 23.9 Å². The molecule has 1 aromatic rings. The number of aliphatic carboxylic acids is 4. The van der Waals surface area contributed by atoms with E-state index in [4.69, 9.17) is 0 Å². The molecular formula is C25H36BrN5O9. The fourth-order valence-corrected chi connectivity index (χ4v) is 4.69. The van der Waals surface area contributed by atoms with Gasteiger partial charge in [0.05, 0.1) is 31.5 Å². The number of carboxylic acid groups (broad SMARTS) is 4. The van der Waals surface area contributed by atoms with Crippen molar-refractivity contribution in [2.24, 2.45) is 0 Å². The van der Waals surface area contributed by atoms with Gasteiger partial charge in [0.2, 0.25) is 5.91 Å². The molecule has 15 heteroatoms. The lowest BCUT2D eigenvalue weighted by Crippen LogP contribution is -2.53. The first-order valence-corrected chi connectivity index (χ1v) is 13.8. The zero-order valence-corrected chi connectivity index (χ0v) is 23.7. The molecule has 1 heterocycles. The van der Waals surface area contributed by atoms with E-state index in [9.17, 15) is 44.4 Å². The number of alkyl halides is 1. The summed E-state index contributed by atoms with van der Waals surface area (Å²) in [7, 11) is 0. The number of hydrogen-bond donors (Lipinski definition) is 5. The third-order valence-electron chi connectivity index (χ3n) is 6.40. The predicted octanol–water partition coefficient (Wildman–Crippen LogP) is -0.509. The highest BCUT2D eigenvalue weighted by Gasteiger charge is 2.27. The number of rotatable bonds is 12. The van der Waals surface area contributed by atoms with Crippen LogP contribution in [-0.4, -0.2) is 153 Å². The Morgan fingerprint density at radius 1 is 0.700 bits per heavy atom. The highest BCUT2D eigenvalue weighted by Crippen LogP contribution is 2.16. The van der Waals surface area contributed by atoms with Gasteiger partial charge in [0.25, 0.3) is 0 Å². The molecule has 1 saturated heterocycles. The van der Waals surface area contributed by atoms with E-state index in [2.05, 4.69) is 21.2 Å². The number of anilines is 1. The summed E-state index contributed by atoms with van der Waals surface area (Å²) >= 11 is 3.09. The summed E-state index contributed by atoms with van der Waals surface area (Å²) in [5.74, 6) is -4.47. The van der Waals surface area contributed by atoms with Gasteiger partial charge in [-0.15, -0.1) is 0 Å². The molecule has 5 N–H and O–H groups in total. The monoisotopic (exact) mass is 629 g/mol. The Morgan fingerprint density at radius 2 is 1.15 bits per heavy atom. The van der Waals surface area contributed by atoms with Crippen molar-refractivity contribution in [2.45, 2.75) is 12.5 Å². The number of nitrogens with one attached hydrogen (secondary N) is 1. The summed E-state index contributed by atoms with van der Waals surface area (Å²) in [6.07, 6.45) is 0.355. The quantitative estimate of drug-likeness (QED) is 0.186. The van der Waals surface area contributed by atoms with Gasteiger partial charge in [-0.05, 0) is 24.1 Å². The van der Waals surface area contributed by atoms with Crippen LogP contribution in [0.5, 0.6) is 0 Å². The van der Waals surface area contributed by atoms with Gasteiger partial charge in [-0.2, -0.15) is 0 Å². The molecule has 0 saturated carbocycles. The van der Waals surface area contributed by atoms with Crippen LogP contribution in [-0.2, 0) is 30.4 Å². The van der Waals surface area contributed by atoms with Crippen molar-refractivity contribution in [3.63, 3.8) is 0 Å². The molecule has 14 nitrogen and oxygen atoms in total. The lowest BCUT2D eigenvalue weighted by molar-refractivity contribution is -0.142. The van der Waals surface area contributed by atoms with Gasteiger partial charge in [-0.3, -0.25) is 43.6 Å². The first kappa shape index (κ1) is 33.1. The predicted molar refractivity (Wildman–Crippen MR) is 148 cm³/mol. The van der Waals surface area contributed by atoms with Gasteiger partial charge in [0, 0.05) is 57.5 Å². The topological polar surface area (TPSA) is 191 Å². The fraction of sp³-hybridized carbons (Fsp3) is 0.560. The second-order valence-corrected chi connectivity index (χ2v) is 10.1. The van der Waals surface area contributed by atoms with E-state index < -0.39 is 29.9 Å². The molecule has 0 spiro atoms. The molecule has 1 aromatic carbocycles. The molecule has 2 rings (SSSR count). The molecule has 0 aromatic heterocycles. The van der Waals surface area contributed by atoms with Crippen molar-refractivity contribution in [3.05, 3.63) is 29.8 Å². The van der Waals surface area contributed by atoms with E-state index in [1.165, 1.54) is 0 Å². The number of hydrogen-bond acceptors (Lipinski definition) is 9. The average molecular weight is 630 g/mol. The maximum atomic E-state index is 11.8. The molecule has 40 heavy (non-hydrogen) atoms. The van der Waals surface area contributed by atoms with Crippen LogP contribution in [0.4, 0.5) is 5.69 Å². The summed E-state index contributed by atoms with van der Waals surface area (Å²) in [6.45, 7) is 0.304. The van der Waals surface area contributed by atoms with E-state index in [1.54, 1.807) is 43.9 Å². The number of carbonyl (C=O) groups is 5. The Balaban J connectivity index is 2.38. The molecule has 0 aliphatic carbocycles. The molecule has 1 fully saturated rings. The molecule has 0 radical (unpaired) electrons. The molecule has 1 amide bonds. The third-order valence-corrected chi connectivity index (χ3v) is 6.91. The van der Waals surface area contributed by atoms with Crippen molar-refractivity contribution in [1.82, 2.24) is 19.6 Å². The Kier molecular flexibility index (Phi) is 14.0. The third kappa shape index (κ3) is 12.8. The average Bonchev–Trinajstić information content (AvgIpc) is 2.86. The molecule has 1 aliphatic heterocycles. The molecule has 1 unspecified atom stereocenters. The summed E-state index contributed by atoms with van der Waals surface area (Å²) in [5, 5.41) is 40.8. The maximum absolute atomic E-state index is 11.8. The molecule has 1 atom stereocenters. The van der Waals surface area contributed by atoms with Crippen molar-refractivity contribution in [2.75, 3.05) is 82.6 Å². The van der Waals surface area contributed by atoms with Gasteiger partial charge < -0.3 is 25.7 Å². The summed E-state index contributed by atoms with van der Waals surface area (Å²) in [6, 6.07) is 6.58. The SMILES string of the molecule is O=C(O)CN1CCN(CC(=O)O)CCN(CC(=O)O)C(Cc2ccc(NC(=O)CBr)cc2)CN(CC(=O)O)CC1. The fourth-order valence-electron chi connectivity index (χ4n) is 4.55. The summed E-state index contributed by atoms with van der Waals surface area (Å²) < 4.78 is 0. The highest BCUT2D eigenvalue weighted by molar-refractivity contribution is 9.09. The normalized spacial score (nSPS) is 18.8. The number of carboxylic acids is 4. The van der Waals surface area contributed by atoms with E-state index >= 15 is 0 Å². The second-order valence-electron chi connectivity index (χ2n) is 9.57. The first-order chi connectivity index (χ1) is 18.9. The van der Waals surface area contributed by atoms with Gasteiger partial charge in [-0.25, -0.2) is 0 Å². The van der Waals surface area contributed by atoms with E-state index in [0.29, 0.717) is 12.1 Å². The van der Waals surface area contributed by atoms with E-state index in [-0.39, 0.29) is 83.2 Å². The highest BCUT2D eigenvalue weighted by atomic mass is 79.9. The zero-order valence-electron chi connectivity index (χ0n) is 22.1. The Bertz CT molecular complexity index is 1030. The minimum atomic E-state index is -1.08. The summed E-state index contributed by atoms with van der Waals surface area (Å²) in [5.41, 5.74) is 1.42. The van der Waals surface area contributed by atoms with Crippen molar-refractivity contribution < 1.29 is 44.4 Å². The molecule has 1 aliphatic rings. The van der Waals surface area contributed by atoms with Crippen LogP contribution in [0.1, 0.15) is 5.56 Å². The standard InChI is InChI=1S/C25H36BrN5O9/c26-12-21(32)27-19-3-1-18(2-4-19)11-20-13-30(16-24(37)38)8-7-28(14-22(33)34)5-6-29(15-23(35)36)9-10-31(20)17-25(39)40/h1-4,20H,5-17H2,(H,27,32)(H,33,34)(H,35,36)(H,37,38)(H,39,40). The van der Waals surface area contributed by atoms with Crippen molar-refractivity contribution in [3.8, 4) is 0 Å². The smallest absolute Gasteiger partial charge is 0.317 e. The maximum Gasteiger partial charge on any atom is 0.317 e. The van der Waals surface area contributed by atoms with Crippen LogP contribution >= 0.6 is 15.9 Å². The van der Waals surface area contributed by atoms with Crippen molar-refractivity contribution >= 4 is 51.4 Å².